The highest BCUT2D eigenvalue weighted by Crippen LogP contribution is 2.36. The molecule has 13 N–H and O–H groups in total. The maximum Gasteiger partial charge on any atom is 0.334 e. The number of hydrogen-bond acceptors (Lipinski definition) is 17. The predicted molar refractivity (Wildman–Crippen MR) is 292 cm³/mol. The van der Waals surface area contributed by atoms with Crippen LogP contribution in [0.25, 0.3) is 0 Å². The molecule has 2 rings (SSSR count). The summed E-state index contributed by atoms with van der Waals surface area (Å²) in [5.41, 5.74) is 0.809. The Kier molecular flexibility index (Phi) is 31.9. The van der Waals surface area contributed by atoms with E-state index in [0.29, 0.717) is 11.1 Å². The van der Waals surface area contributed by atoms with Gasteiger partial charge in [0.2, 0.25) is 0 Å². The van der Waals surface area contributed by atoms with Crippen LogP contribution >= 0.6 is 0 Å². The van der Waals surface area contributed by atoms with Crippen molar-refractivity contribution >= 4 is 23.9 Å². The Bertz CT molecular complexity index is 1940. The minimum absolute atomic E-state index is 0.0578. The molecule has 0 radical (unpaired) electrons. The van der Waals surface area contributed by atoms with Crippen LogP contribution in [0, 0.1) is 29.6 Å². The molecule has 0 unspecified atom stereocenters. The SMILES string of the molecule is CN=C(NC)NCCC/C=C/CCC[C@@H](C)[C@H]1OC(=O)/C(C)=C\C=C\[C@H](C)[C@@H](O)C[C@H](O)[C@@H](C)[C@H](O)CC[C@H](C)[C@@H](O)C[C@]2(O)O[C@H](C[C@H](OC(=O)CC(=O)O)C[C@@H](O)C[C@@H](O)C[C@H](O)/C(C)=C\C=C\[C@H]1C)C[C@@H](O)[C@@H]2O. The number of allylic oxidation sites excluding steroid dienone is 6. The molecule has 442 valence electrons. The quantitative estimate of drug-likeness (QED) is 0.0331. The first-order valence-corrected chi connectivity index (χ1v) is 27.6. The Morgan fingerprint density at radius 1 is 0.805 bits per heavy atom. The van der Waals surface area contributed by atoms with Gasteiger partial charge in [-0.25, -0.2) is 4.79 Å². The Morgan fingerprint density at radius 3 is 2.09 bits per heavy atom. The third-order valence-electron chi connectivity index (χ3n) is 15.0. The molecule has 0 saturated carbocycles. The lowest BCUT2D eigenvalue weighted by molar-refractivity contribution is -0.333. The second-order valence-corrected chi connectivity index (χ2v) is 21.8. The van der Waals surface area contributed by atoms with E-state index in [2.05, 4.69) is 27.8 Å². The zero-order valence-corrected chi connectivity index (χ0v) is 47.1. The highest BCUT2D eigenvalue weighted by Gasteiger charge is 2.50. The number of nitrogens with zero attached hydrogens (tertiary/aromatic N) is 1. The normalized spacial score (nSPS) is 37.6. The summed E-state index contributed by atoms with van der Waals surface area (Å²) < 4.78 is 17.5. The van der Waals surface area contributed by atoms with E-state index < -0.39 is 128 Å². The minimum Gasteiger partial charge on any atom is -0.481 e. The number of aliphatic hydroxyl groups excluding tert-OH is 9. The van der Waals surface area contributed by atoms with Crippen molar-refractivity contribution in [1.29, 1.82) is 0 Å². The Hall–Kier alpha value is -4.06. The van der Waals surface area contributed by atoms with Gasteiger partial charge < -0.3 is 81.0 Å². The molecule has 0 spiro atoms. The van der Waals surface area contributed by atoms with Gasteiger partial charge in [0.15, 0.2) is 11.7 Å². The van der Waals surface area contributed by atoms with Crippen LogP contribution in [-0.4, -0.2) is 180 Å². The molecule has 20 heteroatoms. The maximum absolute atomic E-state index is 13.6. The summed E-state index contributed by atoms with van der Waals surface area (Å²) in [6.07, 6.45) is 1.28. The number of aliphatic hydroxyl groups is 10. The topological polar surface area (TPSA) is 338 Å². The smallest absolute Gasteiger partial charge is 0.334 e. The number of esters is 2. The van der Waals surface area contributed by atoms with E-state index in [9.17, 15) is 70.6 Å². The summed E-state index contributed by atoms with van der Waals surface area (Å²) in [5.74, 6) is -7.05. The molecular weight excluding hydrogens is 999 g/mol. The second kappa shape index (κ2) is 35.5. The lowest BCUT2D eigenvalue weighted by Crippen LogP contribution is -2.60. The van der Waals surface area contributed by atoms with Gasteiger partial charge in [0.25, 0.3) is 0 Å². The number of nitrogens with one attached hydrogen (secondary N) is 2. The molecule has 2 aliphatic heterocycles. The number of rotatable bonds is 12. The molecule has 0 aromatic heterocycles. The van der Waals surface area contributed by atoms with Crippen LogP contribution in [0.15, 0.2) is 64.7 Å². The van der Waals surface area contributed by atoms with Crippen molar-refractivity contribution in [2.75, 3.05) is 20.6 Å². The van der Waals surface area contributed by atoms with E-state index in [-0.39, 0.29) is 63.2 Å². The van der Waals surface area contributed by atoms with Gasteiger partial charge >= 0.3 is 17.9 Å². The molecule has 1 saturated heterocycles. The van der Waals surface area contributed by atoms with E-state index in [0.717, 1.165) is 44.6 Å². The lowest BCUT2D eigenvalue weighted by Gasteiger charge is -2.45. The van der Waals surface area contributed by atoms with Gasteiger partial charge in [0.1, 0.15) is 24.7 Å². The van der Waals surface area contributed by atoms with Gasteiger partial charge in [-0.1, -0.05) is 83.2 Å². The number of aliphatic carboxylic acids is 1. The number of fused-ring (bicyclic) bond motifs is 2. The number of carboxylic acid groups (broad SMARTS) is 1. The molecule has 2 aliphatic rings. The fourth-order valence-electron chi connectivity index (χ4n) is 9.63. The third-order valence-corrected chi connectivity index (χ3v) is 15.0. The van der Waals surface area contributed by atoms with Crippen molar-refractivity contribution in [3.05, 3.63) is 59.8 Å². The molecule has 0 aliphatic carbocycles. The van der Waals surface area contributed by atoms with Crippen molar-refractivity contribution < 1.29 is 84.8 Å². The fourth-order valence-corrected chi connectivity index (χ4v) is 9.63. The van der Waals surface area contributed by atoms with E-state index >= 15 is 0 Å². The van der Waals surface area contributed by atoms with Crippen molar-refractivity contribution in [1.82, 2.24) is 10.6 Å². The number of carbonyl (C=O) groups is 3. The summed E-state index contributed by atoms with van der Waals surface area (Å²) >= 11 is 0. The molecule has 2 bridgehead atoms. The Balaban J connectivity index is 2.43. The standard InChI is InChI=1S/C57H97N3O17/c1-34-19-16-21-38(5)53(37(4)18-14-12-10-11-13-15-25-60-56(58-8)59-9)76-55(73)39(6)22-17-20-35(2)47(65)31-48(66)40(7)45(63)24-23-36(3)50(68)33-57(74)54(72)49(67)30-44(77-57)29-43(75-52(71)32-51(69)70)27-41(61)26-42(62)28-46(34)64/h10-11,16-17,19-22,35-38,40-50,53-54,61-68,72,74H,12-15,18,23-33H2,1-9H3,(H,69,70)(H2,58,59,60)/b11-10+,20-17+,21-16+,34-19-,39-22-/t35-,36-,37+,38+,40-,41-,42+,43+,44+,45+,46-,47-,48-,49+,50-,53+,54-,57-/m0/s1. The average molecular weight is 1100 g/mol. The highest BCUT2D eigenvalue weighted by molar-refractivity contribution is 5.90. The monoisotopic (exact) mass is 1100 g/mol. The first kappa shape index (κ1) is 69.0. The molecule has 0 aromatic rings. The molecular formula is C57H97N3O17. The van der Waals surface area contributed by atoms with Crippen molar-refractivity contribution in [3.8, 4) is 0 Å². The first-order valence-electron chi connectivity index (χ1n) is 27.6. The Morgan fingerprint density at radius 2 is 1.44 bits per heavy atom. The summed E-state index contributed by atoms with van der Waals surface area (Å²) in [7, 11) is 3.53. The number of carbonyl (C=O) groups excluding carboxylic acids is 2. The van der Waals surface area contributed by atoms with Crippen LogP contribution in [0.1, 0.15) is 145 Å². The number of aliphatic imine (C=N–C) groups is 1. The number of ether oxygens (including phenoxy) is 3. The molecule has 18 atom stereocenters. The average Bonchev–Trinajstić information content (AvgIpc) is 3.35. The minimum atomic E-state index is -2.52. The van der Waals surface area contributed by atoms with Crippen LogP contribution in [0.2, 0.25) is 0 Å². The van der Waals surface area contributed by atoms with Crippen molar-refractivity contribution in [3.63, 3.8) is 0 Å². The van der Waals surface area contributed by atoms with Gasteiger partial charge in [-0.15, -0.1) is 0 Å². The molecule has 1 fully saturated rings. The highest BCUT2D eigenvalue weighted by atomic mass is 16.7. The molecule has 77 heavy (non-hydrogen) atoms. The van der Waals surface area contributed by atoms with E-state index in [4.69, 9.17) is 14.2 Å². The van der Waals surface area contributed by atoms with E-state index in [1.54, 1.807) is 72.0 Å². The fraction of sp³-hybridized carbons (Fsp3) is 0.754. The zero-order valence-electron chi connectivity index (χ0n) is 47.1. The van der Waals surface area contributed by atoms with Crippen molar-refractivity contribution in [2.24, 2.45) is 34.6 Å². The Labute approximate surface area is 456 Å². The maximum atomic E-state index is 13.6. The van der Waals surface area contributed by atoms with E-state index in [1.807, 2.05) is 27.0 Å². The summed E-state index contributed by atoms with van der Waals surface area (Å²) in [6, 6.07) is 0. The summed E-state index contributed by atoms with van der Waals surface area (Å²) in [5, 5.41) is 127. The molecule has 0 amide bonds. The molecule has 2 heterocycles. The summed E-state index contributed by atoms with van der Waals surface area (Å²) in [4.78, 5) is 41.7. The zero-order chi connectivity index (χ0) is 58.0. The van der Waals surface area contributed by atoms with E-state index in [1.165, 1.54) is 0 Å². The number of hydrogen-bond donors (Lipinski definition) is 13. The van der Waals surface area contributed by atoms with Crippen molar-refractivity contribution in [2.45, 2.75) is 224 Å². The van der Waals surface area contributed by atoms with Gasteiger partial charge in [-0.2, -0.15) is 0 Å². The van der Waals surface area contributed by atoms with Gasteiger partial charge in [0, 0.05) is 82.5 Å². The van der Waals surface area contributed by atoms with Crippen LogP contribution in [0.4, 0.5) is 0 Å². The third kappa shape index (κ3) is 25.7. The number of guanidine groups is 1. The molecule has 20 nitrogen and oxygen atoms in total. The largest absolute Gasteiger partial charge is 0.481 e. The van der Waals surface area contributed by atoms with Crippen LogP contribution in [-0.2, 0) is 28.6 Å². The predicted octanol–water partition coefficient (Wildman–Crippen LogP) is 3.63. The van der Waals surface area contributed by atoms with Gasteiger partial charge in [-0.3, -0.25) is 14.6 Å². The number of unbranched alkanes of at least 4 members (excludes halogenated alkanes) is 2. The number of carboxylic acids is 1. The van der Waals surface area contributed by atoms with Crippen LogP contribution < -0.4 is 10.6 Å². The van der Waals surface area contributed by atoms with Crippen LogP contribution in [0.3, 0.4) is 0 Å². The lowest BCUT2D eigenvalue weighted by atomic mass is 9.84. The van der Waals surface area contributed by atoms with Gasteiger partial charge in [0.05, 0.1) is 54.9 Å². The number of cyclic esters (lactones) is 1. The molecule has 0 aromatic carbocycles. The van der Waals surface area contributed by atoms with Crippen LogP contribution in [0.5, 0.6) is 0 Å². The van der Waals surface area contributed by atoms with Gasteiger partial charge in [-0.05, 0) is 82.6 Å². The second-order valence-electron chi connectivity index (χ2n) is 21.8. The first-order chi connectivity index (χ1) is 36.2. The summed E-state index contributed by atoms with van der Waals surface area (Å²) in [6.45, 7) is 13.1.